The van der Waals surface area contributed by atoms with Gasteiger partial charge in [0.2, 0.25) is 5.76 Å². The zero-order valence-corrected chi connectivity index (χ0v) is 23.0. The topological polar surface area (TPSA) is 65.0 Å². The second kappa shape index (κ2) is 14.6. The summed E-state index contributed by atoms with van der Waals surface area (Å²) in [5, 5.41) is 10.8. The van der Waals surface area contributed by atoms with Crippen molar-refractivity contribution in [3.05, 3.63) is 47.3 Å². The number of aliphatic hydroxyl groups is 1. The lowest BCUT2D eigenvalue weighted by atomic mass is 9.87. The number of rotatable bonds is 5. The first-order valence-corrected chi connectivity index (χ1v) is 13.4. The van der Waals surface area contributed by atoms with E-state index in [9.17, 15) is 9.90 Å². The highest BCUT2D eigenvalue weighted by Gasteiger charge is 2.26. The number of cyclic esters (lactones) is 1. The Hall–Kier alpha value is -1.85. The second-order valence-electron chi connectivity index (χ2n) is 11.0. The third kappa shape index (κ3) is 9.97. The summed E-state index contributed by atoms with van der Waals surface area (Å²) in [6.45, 7) is 13.3. The fraction of sp³-hybridized carbons (Fsp3) is 0.700. The average Bonchev–Trinajstić information content (AvgIpc) is 2.82. The van der Waals surface area contributed by atoms with Crippen molar-refractivity contribution in [2.75, 3.05) is 13.7 Å². The third-order valence-corrected chi connectivity index (χ3v) is 7.39. The fourth-order valence-corrected chi connectivity index (χ4v) is 5.02. The van der Waals surface area contributed by atoms with Gasteiger partial charge < -0.3 is 19.3 Å². The minimum atomic E-state index is -0.474. The van der Waals surface area contributed by atoms with Crippen LogP contribution in [-0.2, 0) is 19.0 Å². The Kier molecular flexibility index (Phi) is 12.3. The molecule has 0 radical (unpaired) electrons. The van der Waals surface area contributed by atoms with Gasteiger partial charge in [0.1, 0.15) is 6.10 Å². The molecular weight excluding hydrogens is 440 g/mol. The summed E-state index contributed by atoms with van der Waals surface area (Å²) < 4.78 is 17.4. The molecule has 0 aromatic carbocycles. The molecule has 0 aromatic rings. The molecule has 6 unspecified atom stereocenters. The van der Waals surface area contributed by atoms with E-state index in [1.165, 1.54) is 19.1 Å². The lowest BCUT2D eigenvalue weighted by molar-refractivity contribution is -0.150. The van der Waals surface area contributed by atoms with E-state index < -0.39 is 12.1 Å². The van der Waals surface area contributed by atoms with Gasteiger partial charge in [-0.15, -0.1) is 0 Å². The molecule has 0 aliphatic carbocycles. The quantitative estimate of drug-likeness (QED) is 0.445. The molecule has 2 heterocycles. The second-order valence-corrected chi connectivity index (χ2v) is 11.0. The Labute approximate surface area is 213 Å². The molecule has 1 fully saturated rings. The fourth-order valence-electron chi connectivity index (χ4n) is 5.02. The van der Waals surface area contributed by atoms with Gasteiger partial charge in [-0.1, -0.05) is 63.1 Å². The Bertz CT molecular complexity index is 785. The molecule has 2 aliphatic rings. The molecule has 0 bridgehead atoms. The van der Waals surface area contributed by atoms with Crippen molar-refractivity contribution in [3.8, 4) is 0 Å². The molecule has 2 aliphatic heterocycles. The van der Waals surface area contributed by atoms with Gasteiger partial charge in [0.25, 0.3) is 0 Å². The summed E-state index contributed by atoms with van der Waals surface area (Å²) in [5.74, 6) is 0.645. The van der Waals surface area contributed by atoms with Crippen LogP contribution in [0.5, 0.6) is 0 Å². The predicted octanol–water partition coefficient (Wildman–Crippen LogP) is 6.54. The minimum Gasteiger partial charge on any atom is -0.490 e. The van der Waals surface area contributed by atoms with E-state index in [2.05, 4.69) is 39.8 Å². The highest BCUT2D eigenvalue weighted by atomic mass is 16.6. The summed E-state index contributed by atoms with van der Waals surface area (Å²) in [5.41, 5.74) is 2.09. The van der Waals surface area contributed by atoms with Crippen molar-refractivity contribution in [2.45, 2.75) is 98.4 Å². The largest absolute Gasteiger partial charge is 0.490 e. The highest BCUT2D eigenvalue weighted by molar-refractivity contribution is 5.87. The van der Waals surface area contributed by atoms with Crippen molar-refractivity contribution < 1.29 is 24.1 Å². The van der Waals surface area contributed by atoms with Crippen molar-refractivity contribution in [3.63, 3.8) is 0 Å². The molecule has 35 heavy (non-hydrogen) atoms. The number of hydrogen-bond acceptors (Lipinski definition) is 5. The van der Waals surface area contributed by atoms with E-state index in [4.69, 9.17) is 14.2 Å². The average molecular weight is 489 g/mol. The van der Waals surface area contributed by atoms with E-state index >= 15 is 0 Å². The minimum absolute atomic E-state index is 0.0515. The molecular formula is C30H48O5. The maximum absolute atomic E-state index is 13.0. The third-order valence-electron chi connectivity index (χ3n) is 7.39. The van der Waals surface area contributed by atoms with Gasteiger partial charge in [0.15, 0.2) is 0 Å². The van der Waals surface area contributed by atoms with Gasteiger partial charge in [-0.25, -0.2) is 4.79 Å². The first-order valence-electron chi connectivity index (χ1n) is 13.4. The SMILES string of the molecule is CO/C1=C\C(C)=C\C(C)C(O)[C@@H](C)C/C(C)=C/C=C/CC(C(C)CCC2CCC(C)CO2)OC1=O. The van der Waals surface area contributed by atoms with Crippen LogP contribution in [0.4, 0.5) is 0 Å². The lowest BCUT2D eigenvalue weighted by Crippen LogP contribution is -2.29. The Morgan fingerprint density at radius 1 is 1.20 bits per heavy atom. The van der Waals surface area contributed by atoms with Crippen LogP contribution < -0.4 is 0 Å². The molecule has 7 atom stereocenters. The molecule has 198 valence electrons. The van der Waals surface area contributed by atoms with Crippen LogP contribution in [0.25, 0.3) is 0 Å². The summed E-state index contributed by atoms with van der Waals surface area (Å²) in [4.78, 5) is 13.0. The predicted molar refractivity (Wildman–Crippen MR) is 142 cm³/mol. The van der Waals surface area contributed by atoms with Gasteiger partial charge in [-0.05, 0) is 69.8 Å². The molecule has 5 nitrogen and oxygen atoms in total. The Balaban J connectivity index is 2.21. The molecule has 1 N–H and O–H groups in total. The molecule has 1 saturated heterocycles. The van der Waals surface area contributed by atoms with Gasteiger partial charge in [0.05, 0.1) is 19.3 Å². The van der Waals surface area contributed by atoms with Crippen LogP contribution in [0.3, 0.4) is 0 Å². The first-order chi connectivity index (χ1) is 16.6. The smallest absolute Gasteiger partial charge is 0.373 e. The van der Waals surface area contributed by atoms with Gasteiger partial charge >= 0.3 is 5.97 Å². The van der Waals surface area contributed by atoms with Crippen LogP contribution in [-0.4, -0.2) is 43.1 Å². The molecule has 2 rings (SSSR count). The number of esters is 1. The molecule has 0 aromatic heterocycles. The van der Waals surface area contributed by atoms with E-state index in [1.54, 1.807) is 6.08 Å². The standard InChI is InChI=1S/C30H48O5/c1-20-10-8-9-11-27(23(4)13-15-26-14-12-21(2)19-34-26)35-30(32)28(33-7)18-22(3)17-25(6)29(31)24(5)16-20/h8-10,17-18,21,23-27,29,31H,11-16,19H2,1-7H3/b9-8+,20-10+,22-17+,28-18-/t21?,23?,24-,25?,26?,27?,29?/m0/s1. The van der Waals surface area contributed by atoms with Crippen LogP contribution >= 0.6 is 0 Å². The molecule has 0 spiro atoms. The number of allylic oxidation sites excluding steroid dienone is 5. The lowest BCUT2D eigenvalue weighted by Gasteiger charge is -2.29. The maximum Gasteiger partial charge on any atom is 0.373 e. The van der Waals surface area contributed by atoms with E-state index in [0.717, 1.165) is 37.9 Å². The monoisotopic (exact) mass is 488 g/mol. The Morgan fingerprint density at radius 3 is 2.60 bits per heavy atom. The zero-order valence-electron chi connectivity index (χ0n) is 23.0. The maximum atomic E-state index is 13.0. The van der Waals surface area contributed by atoms with Gasteiger partial charge in [0, 0.05) is 18.9 Å². The highest BCUT2D eigenvalue weighted by Crippen LogP contribution is 2.27. The number of methoxy groups -OCH3 is 1. The summed E-state index contributed by atoms with van der Waals surface area (Å²) >= 11 is 0. The van der Waals surface area contributed by atoms with E-state index in [0.29, 0.717) is 18.4 Å². The Morgan fingerprint density at radius 2 is 1.94 bits per heavy atom. The molecule has 5 heteroatoms. The molecule has 0 saturated carbocycles. The number of carbonyl (C=O) groups is 1. The van der Waals surface area contributed by atoms with Crippen LogP contribution in [0.15, 0.2) is 47.3 Å². The normalized spacial score (nSPS) is 38.1. The summed E-state index contributed by atoms with van der Waals surface area (Å²) in [7, 11) is 1.49. The van der Waals surface area contributed by atoms with Crippen LogP contribution in [0.2, 0.25) is 0 Å². The van der Waals surface area contributed by atoms with Crippen molar-refractivity contribution >= 4 is 5.97 Å². The first kappa shape index (κ1) is 29.4. The number of hydrogen-bond donors (Lipinski definition) is 1. The van der Waals surface area contributed by atoms with E-state index in [1.807, 2.05) is 26.0 Å². The zero-order chi connectivity index (χ0) is 26.0. The van der Waals surface area contributed by atoms with Gasteiger partial charge in [-0.2, -0.15) is 0 Å². The van der Waals surface area contributed by atoms with Crippen LogP contribution in [0.1, 0.15) is 80.1 Å². The van der Waals surface area contributed by atoms with Crippen LogP contribution in [0, 0.1) is 23.7 Å². The van der Waals surface area contributed by atoms with Gasteiger partial charge in [-0.3, -0.25) is 0 Å². The van der Waals surface area contributed by atoms with E-state index in [-0.39, 0.29) is 29.6 Å². The summed E-state index contributed by atoms with van der Waals surface area (Å²) in [6.07, 6.45) is 15.2. The molecule has 0 amide bonds. The van der Waals surface area contributed by atoms with Crippen molar-refractivity contribution in [1.29, 1.82) is 0 Å². The number of carbonyl (C=O) groups excluding carboxylic acids is 1. The summed E-state index contributed by atoms with van der Waals surface area (Å²) in [6, 6.07) is 0. The number of ether oxygens (including phenoxy) is 3. The van der Waals surface area contributed by atoms with Crippen molar-refractivity contribution in [1.82, 2.24) is 0 Å². The number of aliphatic hydroxyl groups excluding tert-OH is 1. The van der Waals surface area contributed by atoms with Crippen molar-refractivity contribution in [2.24, 2.45) is 23.7 Å².